The van der Waals surface area contributed by atoms with Crippen LogP contribution in [0.25, 0.3) is 6.08 Å². The largest absolute Gasteiger partial charge is 0.280 e. The lowest BCUT2D eigenvalue weighted by molar-refractivity contribution is 0.601. The van der Waals surface area contributed by atoms with Crippen LogP contribution in [0.2, 0.25) is 0 Å². The first kappa shape index (κ1) is 12.4. The van der Waals surface area contributed by atoms with Crippen LogP contribution >= 0.6 is 0 Å². The van der Waals surface area contributed by atoms with E-state index >= 15 is 0 Å². The molecule has 92 valence electrons. The molecule has 0 unspecified atom stereocenters. The Morgan fingerprint density at radius 2 is 1.56 bits per heavy atom. The lowest BCUT2D eigenvalue weighted by atomic mass is 10.2. The number of hydrogen-bond donors (Lipinski definition) is 1. The average molecular weight is 259 g/mol. The summed E-state index contributed by atoms with van der Waals surface area (Å²) in [5.74, 6) is 0. The van der Waals surface area contributed by atoms with E-state index in [0.29, 0.717) is 5.69 Å². The normalized spacial score (nSPS) is 10.9. The van der Waals surface area contributed by atoms with E-state index < -0.39 is 10.0 Å². The second-order valence-electron chi connectivity index (χ2n) is 3.74. The Labute approximate surface area is 107 Å². The van der Waals surface area contributed by atoms with Gasteiger partial charge in [-0.1, -0.05) is 43.0 Å². The van der Waals surface area contributed by atoms with E-state index in [4.69, 9.17) is 0 Å². The summed E-state index contributed by atoms with van der Waals surface area (Å²) in [6, 6.07) is 15.3. The van der Waals surface area contributed by atoms with Crippen molar-refractivity contribution < 1.29 is 8.42 Å². The predicted octanol–water partition coefficient (Wildman–Crippen LogP) is 3.13. The highest BCUT2D eigenvalue weighted by atomic mass is 32.2. The van der Waals surface area contributed by atoms with Crippen molar-refractivity contribution >= 4 is 21.8 Å². The lowest BCUT2D eigenvalue weighted by Gasteiger charge is -2.08. The molecule has 0 saturated heterocycles. The van der Waals surface area contributed by atoms with Crippen LogP contribution in [0.1, 0.15) is 5.56 Å². The van der Waals surface area contributed by atoms with Gasteiger partial charge in [-0.2, -0.15) is 0 Å². The number of anilines is 1. The Morgan fingerprint density at radius 3 is 2.11 bits per heavy atom. The van der Waals surface area contributed by atoms with Gasteiger partial charge in [0.05, 0.1) is 4.90 Å². The molecule has 0 saturated carbocycles. The third-order valence-electron chi connectivity index (χ3n) is 2.45. The molecule has 0 amide bonds. The van der Waals surface area contributed by atoms with Gasteiger partial charge in [-0.05, 0) is 29.8 Å². The Hall–Kier alpha value is -2.07. The number of benzene rings is 2. The molecule has 0 aromatic heterocycles. The smallest absolute Gasteiger partial charge is 0.261 e. The highest BCUT2D eigenvalue weighted by Gasteiger charge is 2.12. The van der Waals surface area contributed by atoms with Gasteiger partial charge in [0.25, 0.3) is 10.0 Å². The zero-order valence-corrected chi connectivity index (χ0v) is 10.5. The van der Waals surface area contributed by atoms with E-state index in [1.165, 1.54) is 0 Å². The van der Waals surface area contributed by atoms with E-state index in [9.17, 15) is 8.42 Å². The summed E-state index contributed by atoms with van der Waals surface area (Å²) in [7, 11) is -3.51. The van der Waals surface area contributed by atoms with E-state index in [-0.39, 0.29) is 4.90 Å². The van der Waals surface area contributed by atoms with Crippen molar-refractivity contribution in [3.05, 3.63) is 66.7 Å². The standard InChI is InChI=1S/C14H13NO2S/c1-2-12-8-10-13(11-9-12)15-18(16,17)14-6-4-3-5-7-14/h2-11,15H,1H2. The minimum atomic E-state index is -3.51. The molecular formula is C14H13NO2S. The van der Waals surface area contributed by atoms with E-state index in [0.717, 1.165) is 5.56 Å². The predicted molar refractivity (Wildman–Crippen MR) is 73.8 cm³/mol. The number of hydrogen-bond acceptors (Lipinski definition) is 2. The van der Waals surface area contributed by atoms with Crippen molar-refractivity contribution in [3.63, 3.8) is 0 Å². The Morgan fingerprint density at radius 1 is 0.944 bits per heavy atom. The molecule has 0 spiro atoms. The van der Waals surface area contributed by atoms with Crippen LogP contribution < -0.4 is 4.72 Å². The lowest BCUT2D eigenvalue weighted by Crippen LogP contribution is -2.12. The molecule has 0 aliphatic carbocycles. The fourth-order valence-electron chi connectivity index (χ4n) is 1.50. The van der Waals surface area contributed by atoms with Crippen molar-refractivity contribution in [1.82, 2.24) is 0 Å². The van der Waals surface area contributed by atoms with Gasteiger partial charge in [-0.3, -0.25) is 4.72 Å². The maximum Gasteiger partial charge on any atom is 0.261 e. The Bertz CT molecular complexity index is 631. The topological polar surface area (TPSA) is 46.2 Å². The first-order valence-electron chi connectivity index (χ1n) is 5.42. The first-order chi connectivity index (χ1) is 8.62. The van der Waals surface area contributed by atoms with Gasteiger partial charge in [0.2, 0.25) is 0 Å². The summed E-state index contributed by atoms with van der Waals surface area (Å²) in [6.07, 6.45) is 1.70. The summed E-state index contributed by atoms with van der Waals surface area (Å²) in [4.78, 5) is 0.248. The van der Waals surface area contributed by atoms with Gasteiger partial charge in [0.1, 0.15) is 0 Å². The Balaban J connectivity index is 2.25. The van der Waals surface area contributed by atoms with Crippen LogP contribution in [-0.4, -0.2) is 8.42 Å². The number of rotatable bonds is 4. The van der Waals surface area contributed by atoms with Crippen molar-refractivity contribution in [2.75, 3.05) is 4.72 Å². The fourth-order valence-corrected chi connectivity index (χ4v) is 2.58. The van der Waals surface area contributed by atoms with Crippen molar-refractivity contribution in [2.45, 2.75) is 4.90 Å². The monoisotopic (exact) mass is 259 g/mol. The Kier molecular flexibility index (Phi) is 3.48. The van der Waals surface area contributed by atoms with Crippen LogP contribution in [0.5, 0.6) is 0 Å². The van der Waals surface area contributed by atoms with Crippen molar-refractivity contribution in [2.24, 2.45) is 0 Å². The van der Waals surface area contributed by atoms with Crippen LogP contribution in [0, 0.1) is 0 Å². The first-order valence-corrected chi connectivity index (χ1v) is 6.90. The molecule has 4 heteroatoms. The average Bonchev–Trinajstić information content (AvgIpc) is 2.40. The van der Waals surface area contributed by atoms with Gasteiger partial charge < -0.3 is 0 Å². The molecule has 18 heavy (non-hydrogen) atoms. The molecule has 1 N–H and O–H groups in total. The summed E-state index contributed by atoms with van der Waals surface area (Å²) >= 11 is 0. The minimum Gasteiger partial charge on any atom is -0.280 e. The molecule has 0 atom stereocenters. The summed E-state index contributed by atoms with van der Waals surface area (Å²) in [6.45, 7) is 3.64. The second kappa shape index (κ2) is 5.06. The second-order valence-corrected chi connectivity index (χ2v) is 5.43. The molecule has 2 aromatic rings. The molecule has 0 aliphatic rings. The zero-order chi connectivity index (χ0) is 13.0. The van der Waals surface area contributed by atoms with E-state index in [2.05, 4.69) is 11.3 Å². The molecule has 0 fully saturated rings. The van der Waals surface area contributed by atoms with E-state index in [1.807, 2.05) is 0 Å². The van der Waals surface area contributed by atoms with E-state index in [1.54, 1.807) is 60.7 Å². The number of sulfonamides is 1. The zero-order valence-electron chi connectivity index (χ0n) is 9.71. The third kappa shape index (κ3) is 2.78. The van der Waals surface area contributed by atoms with Crippen molar-refractivity contribution in [1.29, 1.82) is 0 Å². The van der Waals surface area contributed by atoms with Gasteiger partial charge in [-0.15, -0.1) is 0 Å². The molecule has 0 bridgehead atoms. The highest BCUT2D eigenvalue weighted by molar-refractivity contribution is 7.92. The van der Waals surface area contributed by atoms with Crippen LogP contribution in [0.15, 0.2) is 66.1 Å². The molecule has 0 heterocycles. The summed E-state index contributed by atoms with van der Waals surface area (Å²) in [5, 5.41) is 0. The molecule has 0 radical (unpaired) electrons. The third-order valence-corrected chi connectivity index (χ3v) is 3.85. The maximum absolute atomic E-state index is 12.0. The minimum absolute atomic E-state index is 0.248. The quantitative estimate of drug-likeness (QED) is 0.917. The maximum atomic E-state index is 12.0. The summed E-state index contributed by atoms with van der Waals surface area (Å²) in [5.41, 5.74) is 1.47. The van der Waals surface area contributed by atoms with Crippen molar-refractivity contribution in [3.8, 4) is 0 Å². The van der Waals surface area contributed by atoms with Crippen LogP contribution in [-0.2, 0) is 10.0 Å². The molecule has 2 rings (SSSR count). The molecule has 3 nitrogen and oxygen atoms in total. The SMILES string of the molecule is C=Cc1ccc(NS(=O)(=O)c2ccccc2)cc1. The van der Waals surface area contributed by atoms with Crippen LogP contribution in [0.3, 0.4) is 0 Å². The molecular weight excluding hydrogens is 246 g/mol. The van der Waals surface area contributed by atoms with Gasteiger partial charge in [0.15, 0.2) is 0 Å². The molecule has 2 aromatic carbocycles. The summed E-state index contributed by atoms with van der Waals surface area (Å²) < 4.78 is 26.6. The number of nitrogens with one attached hydrogen (secondary N) is 1. The van der Waals surface area contributed by atoms with Crippen LogP contribution in [0.4, 0.5) is 5.69 Å². The molecule has 0 aliphatic heterocycles. The van der Waals surface area contributed by atoms with Gasteiger partial charge in [-0.25, -0.2) is 8.42 Å². The fraction of sp³-hybridized carbons (Fsp3) is 0. The van der Waals surface area contributed by atoms with Gasteiger partial charge in [0, 0.05) is 5.69 Å². The van der Waals surface area contributed by atoms with Gasteiger partial charge >= 0.3 is 0 Å². The highest BCUT2D eigenvalue weighted by Crippen LogP contribution is 2.16.